The number of para-hydroxylation sites is 1. The number of furan rings is 1. The molecule has 0 atom stereocenters. The molecule has 0 bridgehead atoms. The summed E-state index contributed by atoms with van der Waals surface area (Å²) < 4.78 is 20.9. The smallest absolute Gasteiger partial charge is 0.380 e. The van der Waals surface area contributed by atoms with Crippen LogP contribution in [-0.4, -0.2) is 25.1 Å². The van der Waals surface area contributed by atoms with E-state index in [9.17, 15) is 14.9 Å². The Morgan fingerprint density at radius 2 is 1.96 bits per heavy atom. The Morgan fingerprint density at radius 3 is 2.65 bits per heavy atom. The van der Waals surface area contributed by atoms with Gasteiger partial charge in [0.1, 0.15) is 11.3 Å². The van der Waals surface area contributed by atoms with E-state index >= 15 is 0 Å². The van der Waals surface area contributed by atoms with Crippen molar-refractivity contribution in [2.75, 3.05) is 14.2 Å². The second-order valence-electron chi connectivity index (χ2n) is 5.32. The minimum absolute atomic E-state index is 0.0573. The number of hydrogen-bond acceptors (Lipinski definition) is 7. The van der Waals surface area contributed by atoms with Gasteiger partial charge < -0.3 is 18.6 Å². The first-order valence-electron chi connectivity index (χ1n) is 7.59. The van der Waals surface area contributed by atoms with Crippen LogP contribution in [0.1, 0.15) is 16.1 Å². The minimum Gasteiger partial charge on any atom is -0.496 e. The third kappa shape index (κ3) is 3.22. The predicted octanol–water partition coefficient (Wildman–Crippen LogP) is 3.72. The molecule has 1 heterocycles. The Labute approximate surface area is 148 Å². The molecular weight excluding hydrogens is 342 g/mol. The standard InChI is InChI=1S/C18H15NO7/c1-23-10-13-12-5-3-4-6-15(12)25-17(13)18(20)26-16-8-7-11(24-2)9-14(16)19(21)22/h3-9H,10H2,1-2H3. The third-order valence-corrected chi connectivity index (χ3v) is 3.74. The minimum atomic E-state index is -0.846. The number of methoxy groups -OCH3 is 2. The van der Waals surface area contributed by atoms with Gasteiger partial charge in [-0.15, -0.1) is 0 Å². The molecule has 0 N–H and O–H groups in total. The van der Waals surface area contributed by atoms with Crippen LogP contribution in [0.25, 0.3) is 11.0 Å². The number of esters is 1. The molecule has 0 amide bonds. The number of nitro benzene ring substituents is 1. The summed E-state index contributed by atoms with van der Waals surface area (Å²) in [5.41, 5.74) is 0.627. The monoisotopic (exact) mass is 357 g/mol. The summed E-state index contributed by atoms with van der Waals surface area (Å²) in [5, 5.41) is 11.9. The molecule has 0 fully saturated rings. The molecule has 8 heteroatoms. The van der Waals surface area contributed by atoms with Gasteiger partial charge >= 0.3 is 11.7 Å². The number of fused-ring (bicyclic) bond motifs is 1. The third-order valence-electron chi connectivity index (χ3n) is 3.74. The highest BCUT2D eigenvalue weighted by atomic mass is 16.6. The molecular formula is C18H15NO7. The second-order valence-corrected chi connectivity index (χ2v) is 5.32. The predicted molar refractivity (Wildman–Crippen MR) is 91.5 cm³/mol. The number of carbonyl (C=O) groups is 1. The Balaban J connectivity index is 2.00. The van der Waals surface area contributed by atoms with Crippen LogP contribution in [0.4, 0.5) is 5.69 Å². The number of carbonyl (C=O) groups excluding carboxylic acids is 1. The molecule has 0 aliphatic heterocycles. The average Bonchev–Trinajstić information content (AvgIpc) is 3.01. The summed E-state index contributed by atoms with van der Waals surface area (Å²) in [7, 11) is 2.88. The van der Waals surface area contributed by atoms with Crippen LogP contribution in [0.5, 0.6) is 11.5 Å². The van der Waals surface area contributed by atoms with E-state index in [-0.39, 0.29) is 29.6 Å². The summed E-state index contributed by atoms with van der Waals surface area (Å²) in [4.78, 5) is 23.2. The van der Waals surface area contributed by atoms with Gasteiger partial charge in [0.05, 0.1) is 24.7 Å². The molecule has 0 spiro atoms. The van der Waals surface area contributed by atoms with Gasteiger partial charge in [-0.3, -0.25) is 10.1 Å². The van der Waals surface area contributed by atoms with Crippen LogP contribution in [0, 0.1) is 10.1 Å². The molecule has 134 valence electrons. The number of hydrogen-bond donors (Lipinski definition) is 0. The highest BCUT2D eigenvalue weighted by Crippen LogP contribution is 2.33. The van der Waals surface area contributed by atoms with Gasteiger partial charge in [-0.1, -0.05) is 18.2 Å². The first-order chi connectivity index (χ1) is 12.5. The molecule has 26 heavy (non-hydrogen) atoms. The van der Waals surface area contributed by atoms with Crippen molar-refractivity contribution in [1.82, 2.24) is 0 Å². The summed E-state index contributed by atoms with van der Waals surface area (Å²) in [6.07, 6.45) is 0. The van der Waals surface area contributed by atoms with Gasteiger partial charge in [-0.05, 0) is 18.2 Å². The Morgan fingerprint density at radius 1 is 1.19 bits per heavy atom. The Hall–Kier alpha value is -3.39. The van der Waals surface area contributed by atoms with E-state index in [2.05, 4.69) is 0 Å². The lowest BCUT2D eigenvalue weighted by Crippen LogP contribution is -2.11. The van der Waals surface area contributed by atoms with Gasteiger partial charge in [-0.2, -0.15) is 0 Å². The molecule has 8 nitrogen and oxygen atoms in total. The topological polar surface area (TPSA) is 101 Å². The quantitative estimate of drug-likeness (QED) is 0.287. The van der Waals surface area contributed by atoms with E-state index in [0.717, 1.165) is 0 Å². The van der Waals surface area contributed by atoms with Gasteiger partial charge in [-0.25, -0.2) is 4.79 Å². The van der Waals surface area contributed by atoms with E-state index in [0.29, 0.717) is 16.5 Å². The first kappa shape index (κ1) is 17.4. The molecule has 2 aromatic carbocycles. The van der Waals surface area contributed by atoms with E-state index < -0.39 is 10.9 Å². The van der Waals surface area contributed by atoms with Crippen molar-refractivity contribution >= 4 is 22.6 Å². The maximum atomic E-state index is 12.6. The highest BCUT2D eigenvalue weighted by Gasteiger charge is 2.25. The van der Waals surface area contributed by atoms with E-state index in [1.165, 1.54) is 32.4 Å². The number of ether oxygens (including phenoxy) is 3. The molecule has 3 rings (SSSR count). The largest absolute Gasteiger partial charge is 0.496 e. The normalized spacial score (nSPS) is 10.7. The number of benzene rings is 2. The van der Waals surface area contributed by atoms with E-state index in [4.69, 9.17) is 18.6 Å². The number of nitro groups is 1. The summed E-state index contributed by atoms with van der Waals surface area (Å²) in [6, 6.07) is 11.0. The number of nitrogens with zero attached hydrogens (tertiary/aromatic N) is 1. The Kier molecular flexibility index (Phi) is 4.85. The van der Waals surface area contributed by atoms with Crippen molar-refractivity contribution in [1.29, 1.82) is 0 Å². The Bertz CT molecular complexity index is 977. The van der Waals surface area contributed by atoms with E-state index in [1.54, 1.807) is 24.3 Å². The molecule has 0 saturated heterocycles. The van der Waals surface area contributed by atoms with Crippen molar-refractivity contribution in [3.8, 4) is 11.5 Å². The molecule has 0 unspecified atom stereocenters. The lowest BCUT2D eigenvalue weighted by atomic mass is 10.1. The molecule has 0 aliphatic rings. The van der Waals surface area contributed by atoms with Crippen LogP contribution in [0.3, 0.4) is 0 Å². The zero-order valence-corrected chi connectivity index (χ0v) is 14.1. The van der Waals surface area contributed by atoms with Crippen molar-refractivity contribution < 1.29 is 28.3 Å². The van der Waals surface area contributed by atoms with E-state index in [1.807, 2.05) is 0 Å². The number of rotatable bonds is 6. The summed E-state index contributed by atoms with van der Waals surface area (Å²) >= 11 is 0. The fraction of sp³-hybridized carbons (Fsp3) is 0.167. The van der Waals surface area contributed by atoms with Crippen LogP contribution in [0.2, 0.25) is 0 Å². The van der Waals surface area contributed by atoms with Crippen molar-refractivity contribution in [2.24, 2.45) is 0 Å². The van der Waals surface area contributed by atoms with Crippen LogP contribution in [-0.2, 0) is 11.3 Å². The zero-order chi connectivity index (χ0) is 18.7. The molecule has 3 aromatic rings. The van der Waals surface area contributed by atoms with Crippen LogP contribution >= 0.6 is 0 Å². The maximum absolute atomic E-state index is 12.6. The second kappa shape index (κ2) is 7.24. The molecule has 0 saturated carbocycles. The average molecular weight is 357 g/mol. The highest BCUT2D eigenvalue weighted by molar-refractivity contribution is 5.97. The molecule has 0 aliphatic carbocycles. The first-order valence-corrected chi connectivity index (χ1v) is 7.59. The van der Waals surface area contributed by atoms with Crippen molar-refractivity contribution in [3.05, 3.63) is 63.9 Å². The van der Waals surface area contributed by atoms with Gasteiger partial charge in [0.25, 0.3) is 0 Å². The lowest BCUT2D eigenvalue weighted by Gasteiger charge is -2.06. The molecule has 1 aromatic heterocycles. The van der Waals surface area contributed by atoms with Crippen molar-refractivity contribution in [2.45, 2.75) is 6.61 Å². The summed E-state index contributed by atoms with van der Waals surface area (Å²) in [5.74, 6) is -0.829. The SMILES string of the molecule is COCc1c(C(=O)Oc2ccc(OC)cc2[N+](=O)[O-])oc2ccccc12. The van der Waals surface area contributed by atoms with Crippen LogP contribution in [0.15, 0.2) is 46.9 Å². The van der Waals surface area contributed by atoms with Gasteiger partial charge in [0.15, 0.2) is 0 Å². The van der Waals surface area contributed by atoms with Crippen LogP contribution < -0.4 is 9.47 Å². The fourth-order valence-electron chi connectivity index (χ4n) is 2.55. The van der Waals surface area contributed by atoms with Gasteiger partial charge in [0.2, 0.25) is 11.5 Å². The summed E-state index contributed by atoms with van der Waals surface area (Å²) in [6.45, 7) is 0.131. The zero-order valence-electron chi connectivity index (χ0n) is 14.1. The van der Waals surface area contributed by atoms with Gasteiger partial charge in [0, 0.05) is 18.1 Å². The lowest BCUT2D eigenvalue weighted by molar-refractivity contribution is -0.385. The maximum Gasteiger partial charge on any atom is 0.380 e. The van der Waals surface area contributed by atoms with Crippen molar-refractivity contribution in [3.63, 3.8) is 0 Å². The fourth-order valence-corrected chi connectivity index (χ4v) is 2.55. The molecule has 0 radical (unpaired) electrons.